The van der Waals surface area contributed by atoms with Crippen LogP contribution in [0.1, 0.15) is 33.1 Å². The summed E-state index contributed by atoms with van der Waals surface area (Å²) in [7, 11) is 0. The van der Waals surface area contributed by atoms with Gasteiger partial charge in [0.1, 0.15) is 0 Å². The smallest absolute Gasteiger partial charge is 0.335 e. The molecular weight excluding hydrogens is 288 g/mol. The first-order valence-corrected chi connectivity index (χ1v) is 7.63. The number of rotatable bonds is 9. The Balaban J connectivity index is 2.24. The molecule has 1 saturated heterocycles. The van der Waals surface area contributed by atoms with Crippen LogP contribution < -0.4 is 0 Å². The van der Waals surface area contributed by atoms with Crippen LogP contribution in [0.25, 0.3) is 0 Å². The fraction of sp³-hybridized carbons (Fsp3) is 0.800. The molecule has 0 aromatic carbocycles. The first kappa shape index (κ1) is 18.4. The number of carbonyl (C=O) groups is 2. The summed E-state index contributed by atoms with van der Waals surface area (Å²) in [5.41, 5.74) is 0. The van der Waals surface area contributed by atoms with Gasteiger partial charge in [-0.3, -0.25) is 4.79 Å². The van der Waals surface area contributed by atoms with Gasteiger partial charge in [-0.15, -0.1) is 0 Å². The van der Waals surface area contributed by atoms with Crippen LogP contribution in [0.4, 0.5) is 0 Å². The van der Waals surface area contributed by atoms with Gasteiger partial charge >= 0.3 is 5.97 Å². The Labute approximate surface area is 131 Å². The van der Waals surface area contributed by atoms with Gasteiger partial charge in [0.2, 0.25) is 0 Å². The topological polar surface area (TPSA) is 88.9 Å². The predicted octanol–water partition coefficient (Wildman–Crippen LogP) is 0.876. The Kier molecular flexibility index (Phi) is 8.48. The number of ether oxygens (including phenoxy) is 3. The lowest BCUT2D eigenvalue weighted by Crippen LogP contribution is -2.36. The monoisotopic (exact) mass is 312 g/mol. The van der Waals surface area contributed by atoms with Gasteiger partial charge < -0.3 is 19.1 Å². The number of amides is 1. The molecule has 1 rings (SSSR count). The van der Waals surface area contributed by atoms with Gasteiger partial charge in [-0.25, -0.2) is 4.79 Å². The number of carbonyl (C=O) groups excluding carboxylic acids is 2. The highest BCUT2D eigenvalue weighted by Crippen LogP contribution is 2.13. The van der Waals surface area contributed by atoms with Crippen LogP contribution in [0.3, 0.4) is 0 Å². The average molecular weight is 312 g/mol. The standard InChI is InChI=1S/C15H24N2O5/c1-3-17(8-5-7-16)14(18)11-22-15(19)12(2)21-10-13-6-4-9-20-13/h12-13H,3-6,8-11H2,1-2H3. The number of hydrogen-bond acceptors (Lipinski definition) is 6. The summed E-state index contributed by atoms with van der Waals surface area (Å²) in [6.07, 6.45) is 1.51. The average Bonchev–Trinajstić information content (AvgIpc) is 3.04. The molecule has 0 spiro atoms. The van der Waals surface area contributed by atoms with Crippen LogP contribution in [0, 0.1) is 11.3 Å². The minimum absolute atomic E-state index is 0.0402. The molecule has 0 aliphatic carbocycles. The van der Waals surface area contributed by atoms with Gasteiger partial charge in [-0.1, -0.05) is 0 Å². The van der Waals surface area contributed by atoms with E-state index in [1.165, 1.54) is 4.90 Å². The maximum atomic E-state index is 11.9. The highest BCUT2D eigenvalue weighted by molar-refractivity contribution is 5.81. The van der Waals surface area contributed by atoms with Crippen LogP contribution in [0.15, 0.2) is 0 Å². The van der Waals surface area contributed by atoms with Gasteiger partial charge in [0, 0.05) is 19.7 Å². The van der Waals surface area contributed by atoms with Crippen molar-refractivity contribution in [3.05, 3.63) is 0 Å². The molecule has 124 valence electrons. The van der Waals surface area contributed by atoms with Crippen molar-refractivity contribution >= 4 is 11.9 Å². The third-order valence-electron chi connectivity index (χ3n) is 3.45. The van der Waals surface area contributed by atoms with Gasteiger partial charge in [-0.2, -0.15) is 5.26 Å². The summed E-state index contributed by atoms with van der Waals surface area (Å²) in [6.45, 7) is 4.98. The third kappa shape index (κ3) is 6.41. The first-order valence-electron chi connectivity index (χ1n) is 7.63. The minimum atomic E-state index is -0.730. The molecule has 0 aromatic rings. The fourth-order valence-electron chi connectivity index (χ4n) is 2.08. The lowest BCUT2D eigenvalue weighted by Gasteiger charge is -2.20. The zero-order valence-corrected chi connectivity index (χ0v) is 13.2. The van der Waals surface area contributed by atoms with Gasteiger partial charge in [0.25, 0.3) is 5.91 Å². The van der Waals surface area contributed by atoms with E-state index >= 15 is 0 Å². The van der Waals surface area contributed by atoms with Crippen LogP contribution in [0.2, 0.25) is 0 Å². The van der Waals surface area contributed by atoms with Gasteiger partial charge in [-0.05, 0) is 26.7 Å². The van der Waals surface area contributed by atoms with Crippen molar-refractivity contribution in [3.63, 3.8) is 0 Å². The number of nitriles is 1. The van der Waals surface area contributed by atoms with Crippen molar-refractivity contribution in [2.24, 2.45) is 0 Å². The molecule has 7 heteroatoms. The summed E-state index contributed by atoms with van der Waals surface area (Å²) in [5, 5.41) is 8.53. The second-order valence-electron chi connectivity index (χ2n) is 5.10. The molecule has 0 saturated carbocycles. The van der Waals surface area contributed by atoms with Crippen molar-refractivity contribution in [3.8, 4) is 6.07 Å². The molecule has 7 nitrogen and oxygen atoms in total. The SMILES string of the molecule is CCN(CCC#N)C(=O)COC(=O)C(C)OCC1CCCO1. The highest BCUT2D eigenvalue weighted by atomic mass is 16.6. The summed E-state index contributed by atoms with van der Waals surface area (Å²) in [6, 6.07) is 1.98. The molecule has 2 unspecified atom stereocenters. The van der Waals surface area contributed by atoms with Crippen LogP contribution >= 0.6 is 0 Å². The molecule has 2 atom stereocenters. The van der Waals surface area contributed by atoms with Crippen molar-refractivity contribution in [2.45, 2.75) is 45.3 Å². The van der Waals surface area contributed by atoms with Crippen LogP contribution in [-0.2, 0) is 23.8 Å². The summed E-state index contributed by atoms with van der Waals surface area (Å²) in [5.74, 6) is -0.875. The van der Waals surface area contributed by atoms with E-state index in [-0.39, 0.29) is 25.0 Å². The van der Waals surface area contributed by atoms with Crippen molar-refractivity contribution in [1.82, 2.24) is 4.90 Å². The second kappa shape index (κ2) is 10.1. The molecule has 1 aliphatic rings. The van der Waals surface area contributed by atoms with E-state index in [4.69, 9.17) is 19.5 Å². The van der Waals surface area contributed by atoms with Crippen LogP contribution in [-0.4, -0.2) is 61.9 Å². The third-order valence-corrected chi connectivity index (χ3v) is 3.45. The van der Waals surface area contributed by atoms with E-state index in [1.807, 2.05) is 13.0 Å². The maximum absolute atomic E-state index is 11.9. The predicted molar refractivity (Wildman–Crippen MR) is 77.8 cm³/mol. The van der Waals surface area contributed by atoms with E-state index in [0.29, 0.717) is 19.7 Å². The number of nitrogens with zero attached hydrogens (tertiary/aromatic N) is 2. The molecule has 1 heterocycles. The Morgan fingerprint density at radius 2 is 2.27 bits per heavy atom. The summed E-state index contributed by atoms with van der Waals surface area (Å²) in [4.78, 5) is 25.1. The minimum Gasteiger partial charge on any atom is -0.454 e. The Hall–Kier alpha value is -1.65. The zero-order chi connectivity index (χ0) is 16.4. The van der Waals surface area contributed by atoms with E-state index < -0.39 is 12.1 Å². The molecule has 1 fully saturated rings. The Morgan fingerprint density at radius 1 is 1.50 bits per heavy atom. The Morgan fingerprint density at radius 3 is 2.86 bits per heavy atom. The molecule has 0 bridgehead atoms. The molecule has 22 heavy (non-hydrogen) atoms. The highest BCUT2D eigenvalue weighted by Gasteiger charge is 2.22. The normalized spacial score (nSPS) is 18.5. The van der Waals surface area contributed by atoms with E-state index in [9.17, 15) is 9.59 Å². The van der Waals surface area contributed by atoms with E-state index in [2.05, 4.69) is 0 Å². The van der Waals surface area contributed by atoms with Crippen molar-refractivity contribution < 1.29 is 23.8 Å². The van der Waals surface area contributed by atoms with Gasteiger partial charge in [0.05, 0.1) is 25.2 Å². The van der Waals surface area contributed by atoms with E-state index in [0.717, 1.165) is 19.4 Å². The summed E-state index contributed by atoms with van der Waals surface area (Å²) < 4.78 is 15.8. The van der Waals surface area contributed by atoms with E-state index in [1.54, 1.807) is 6.92 Å². The number of esters is 1. The number of hydrogen-bond donors (Lipinski definition) is 0. The molecule has 1 aliphatic heterocycles. The molecule has 0 radical (unpaired) electrons. The fourth-order valence-corrected chi connectivity index (χ4v) is 2.08. The molecule has 1 amide bonds. The van der Waals surface area contributed by atoms with Crippen molar-refractivity contribution in [2.75, 3.05) is 32.9 Å². The van der Waals surface area contributed by atoms with Crippen LogP contribution in [0.5, 0.6) is 0 Å². The number of likely N-dealkylation sites (N-methyl/N-ethyl adjacent to an activating group) is 1. The molecular formula is C15H24N2O5. The molecule has 0 N–H and O–H groups in total. The summed E-state index contributed by atoms with van der Waals surface area (Å²) >= 11 is 0. The lowest BCUT2D eigenvalue weighted by atomic mass is 10.2. The quantitative estimate of drug-likeness (QED) is 0.587. The Bertz CT molecular complexity index is 401. The van der Waals surface area contributed by atoms with Crippen molar-refractivity contribution in [1.29, 1.82) is 5.26 Å². The van der Waals surface area contributed by atoms with Gasteiger partial charge in [0.15, 0.2) is 12.7 Å². The first-order chi connectivity index (χ1) is 10.6. The maximum Gasteiger partial charge on any atom is 0.335 e. The second-order valence-corrected chi connectivity index (χ2v) is 5.10. The zero-order valence-electron chi connectivity index (χ0n) is 13.2. The largest absolute Gasteiger partial charge is 0.454 e. The molecule has 0 aromatic heterocycles. The lowest BCUT2D eigenvalue weighted by molar-refractivity contribution is -0.162.